The van der Waals surface area contributed by atoms with E-state index in [0.717, 1.165) is 28.9 Å². The number of benzene rings is 10. The molecule has 10 rings (SSSR count). The predicted molar refractivity (Wildman–Crippen MR) is 252 cm³/mol. The summed E-state index contributed by atoms with van der Waals surface area (Å²) >= 11 is 0. The Labute approximate surface area is 337 Å². The lowest BCUT2D eigenvalue weighted by atomic mass is 9.90. The first-order valence-electron chi connectivity index (χ1n) is 19.8. The summed E-state index contributed by atoms with van der Waals surface area (Å²) in [6.07, 6.45) is 1.93. The predicted octanol–water partition coefficient (Wildman–Crippen LogP) is 10.9. The lowest BCUT2D eigenvalue weighted by Gasteiger charge is -2.28. The standard InChI is InChI=1S/C53H41BOP2/c54-57(44-25-11-4-12-26-44,51-36-35-49-47-28-14-18-39-17-13-27-46(52(39)47)48-29-15-30-50(51)53(48)49)45-33-31-40(32-34-45)55-37-16-38-56(41-19-5-1-6-20-41,42-21-7-2-8-22-42)43-23-9-3-10-24-43/h1-15,17-36H,16,37-38H2/q+2. The molecule has 0 aromatic heterocycles. The van der Waals surface area contributed by atoms with Crippen LogP contribution in [0.5, 0.6) is 5.75 Å². The van der Waals surface area contributed by atoms with E-state index in [4.69, 9.17) is 12.3 Å². The molecule has 0 N–H and O–H groups in total. The fraction of sp³-hybridized carbons (Fsp3) is 0.0566. The van der Waals surface area contributed by atoms with Gasteiger partial charge in [-0.1, -0.05) is 127 Å². The summed E-state index contributed by atoms with van der Waals surface area (Å²) in [5.41, 5.74) is 0. The van der Waals surface area contributed by atoms with Crippen molar-refractivity contribution in [1.29, 1.82) is 0 Å². The minimum Gasteiger partial charge on any atom is -0.493 e. The maximum absolute atomic E-state index is 7.92. The summed E-state index contributed by atoms with van der Waals surface area (Å²) in [6.45, 7) is 0.623. The monoisotopic (exact) mass is 766 g/mol. The topological polar surface area (TPSA) is 9.23 Å². The zero-order valence-electron chi connectivity index (χ0n) is 31.7. The van der Waals surface area contributed by atoms with Crippen LogP contribution in [-0.2, 0) is 0 Å². The number of rotatable bonds is 11. The molecule has 4 heteroatoms. The van der Waals surface area contributed by atoms with Gasteiger partial charge in [0.25, 0.3) is 0 Å². The fourth-order valence-corrected chi connectivity index (χ4v) is 16.5. The van der Waals surface area contributed by atoms with Gasteiger partial charge in [0.05, 0.1) is 35.8 Å². The Morgan fingerprint density at radius 1 is 0.368 bits per heavy atom. The molecule has 57 heavy (non-hydrogen) atoms. The quantitative estimate of drug-likeness (QED) is 0.0419. The maximum Gasteiger partial charge on any atom is 0.383 e. The zero-order valence-corrected chi connectivity index (χ0v) is 33.5. The lowest BCUT2D eigenvalue weighted by Crippen LogP contribution is -2.33. The molecule has 1 atom stereocenters. The number of fused-ring (bicyclic) bond motifs is 2. The van der Waals surface area contributed by atoms with Gasteiger partial charge in [0.15, 0.2) is 0 Å². The van der Waals surface area contributed by atoms with Crippen LogP contribution in [0, 0.1) is 0 Å². The molecule has 270 valence electrons. The van der Waals surface area contributed by atoms with Gasteiger partial charge in [0.2, 0.25) is 0 Å². The van der Waals surface area contributed by atoms with Gasteiger partial charge in [-0.2, -0.15) is 0 Å². The fourth-order valence-electron chi connectivity index (χ4n) is 9.18. The third-order valence-corrected chi connectivity index (χ3v) is 19.7. The van der Waals surface area contributed by atoms with E-state index in [1.807, 2.05) is 0 Å². The Morgan fingerprint density at radius 2 is 0.807 bits per heavy atom. The first-order valence-corrected chi connectivity index (χ1v) is 23.6. The van der Waals surface area contributed by atoms with Crippen LogP contribution in [-0.4, -0.2) is 20.3 Å². The molecule has 0 saturated heterocycles. The molecule has 0 amide bonds. The maximum atomic E-state index is 7.92. The van der Waals surface area contributed by atoms with Crippen molar-refractivity contribution in [3.8, 4) is 5.75 Å². The van der Waals surface area contributed by atoms with Crippen LogP contribution in [0.4, 0.5) is 0 Å². The Balaban J connectivity index is 0.994. The van der Waals surface area contributed by atoms with E-state index < -0.39 is 14.4 Å². The average Bonchev–Trinajstić information content (AvgIpc) is 3.29. The highest BCUT2D eigenvalue weighted by Crippen LogP contribution is 2.56. The normalized spacial score (nSPS) is 13.0. The molecule has 10 aromatic rings. The van der Waals surface area contributed by atoms with Crippen molar-refractivity contribution in [2.75, 3.05) is 12.8 Å². The molecule has 1 unspecified atom stereocenters. The van der Waals surface area contributed by atoms with Gasteiger partial charge in [0, 0.05) is 17.2 Å². The van der Waals surface area contributed by atoms with Gasteiger partial charge in [-0.3, -0.25) is 0 Å². The Morgan fingerprint density at radius 3 is 1.35 bits per heavy atom. The van der Waals surface area contributed by atoms with Gasteiger partial charge in [-0.25, -0.2) is 0 Å². The molecule has 0 aliphatic heterocycles. The van der Waals surface area contributed by atoms with Crippen molar-refractivity contribution in [3.63, 3.8) is 0 Å². The summed E-state index contributed by atoms with van der Waals surface area (Å²) in [5.74, 6) is 0.864. The number of ether oxygens (including phenoxy) is 1. The second-order valence-corrected chi connectivity index (χ2v) is 21.4. The van der Waals surface area contributed by atoms with E-state index in [9.17, 15) is 0 Å². The largest absolute Gasteiger partial charge is 0.493 e. The van der Waals surface area contributed by atoms with Crippen molar-refractivity contribution in [3.05, 3.63) is 212 Å². The highest BCUT2D eigenvalue weighted by Gasteiger charge is 2.45. The van der Waals surface area contributed by atoms with Gasteiger partial charge in [0.1, 0.15) is 28.9 Å². The molecule has 2 radical (unpaired) electrons. The van der Waals surface area contributed by atoms with E-state index in [-0.39, 0.29) is 0 Å². The molecular weight excluding hydrogens is 725 g/mol. The lowest BCUT2D eigenvalue weighted by molar-refractivity contribution is 0.318. The van der Waals surface area contributed by atoms with E-state index in [2.05, 4.69) is 212 Å². The van der Waals surface area contributed by atoms with Crippen molar-refractivity contribution in [2.45, 2.75) is 6.42 Å². The number of hydrogen-bond acceptors (Lipinski definition) is 1. The molecule has 1 nitrogen and oxygen atoms in total. The zero-order chi connectivity index (χ0) is 38.2. The Kier molecular flexibility index (Phi) is 9.34. The summed E-state index contributed by atoms with van der Waals surface area (Å²) in [7, 11) is 3.43. The van der Waals surface area contributed by atoms with Gasteiger partial charge in [-0.05, 0) is 117 Å². The molecule has 0 spiro atoms. The van der Waals surface area contributed by atoms with E-state index in [1.54, 1.807) is 0 Å². The van der Waals surface area contributed by atoms with Crippen LogP contribution in [0.15, 0.2) is 212 Å². The Hall–Kier alpha value is -5.78. The minimum absolute atomic E-state index is 0.623. The molecular formula is C53H41BOP2+2. The van der Waals surface area contributed by atoms with E-state index in [0.29, 0.717) is 6.61 Å². The molecule has 0 heterocycles. The van der Waals surface area contributed by atoms with Gasteiger partial charge < -0.3 is 4.74 Å². The molecule has 10 aromatic carbocycles. The molecule has 0 bridgehead atoms. The van der Waals surface area contributed by atoms with Gasteiger partial charge >= 0.3 is 7.57 Å². The summed E-state index contributed by atoms with van der Waals surface area (Å²) < 4.78 is 6.56. The van der Waals surface area contributed by atoms with Crippen LogP contribution in [0.1, 0.15) is 6.42 Å². The summed E-state index contributed by atoms with van der Waals surface area (Å²) in [6, 6.07) is 77.3. The van der Waals surface area contributed by atoms with Crippen LogP contribution >= 0.6 is 14.4 Å². The van der Waals surface area contributed by atoms with Crippen molar-refractivity contribution < 1.29 is 4.74 Å². The van der Waals surface area contributed by atoms with Crippen LogP contribution < -0.4 is 36.6 Å². The average molecular weight is 767 g/mol. The van der Waals surface area contributed by atoms with Crippen LogP contribution in [0.2, 0.25) is 0 Å². The first-order chi connectivity index (χ1) is 28.2. The van der Waals surface area contributed by atoms with Crippen LogP contribution in [0.25, 0.3) is 43.1 Å². The van der Waals surface area contributed by atoms with Crippen LogP contribution in [0.3, 0.4) is 0 Å². The number of hydrogen-bond donors (Lipinski definition) is 0. The third kappa shape index (κ3) is 6.03. The van der Waals surface area contributed by atoms with Crippen molar-refractivity contribution in [2.24, 2.45) is 0 Å². The summed E-state index contributed by atoms with van der Waals surface area (Å²) in [4.78, 5) is 0. The van der Waals surface area contributed by atoms with Crippen molar-refractivity contribution in [1.82, 2.24) is 0 Å². The SMILES string of the molecule is [B][P+](c1ccccc1)(c1ccc(OCCC[P+](c2ccccc2)(c2ccccc2)c2ccccc2)cc1)c1ccc2c3cccc4cccc(c5cccc1c52)c43. The minimum atomic E-state index is -2.57. The highest BCUT2D eigenvalue weighted by molar-refractivity contribution is 8.13. The first kappa shape index (κ1) is 35.6. The van der Waals surface area contributed by atoms with Crippen molar-refractivity contribution >= 4 is 96.9 Å². The third-order valence-electron chi connectivity index (χ3n) is 11.8. The van der Waals surface area contributed by atoms with E-state index >= 15 is 0 Å². The van der Waals surface area contributed by atoms with Gasteiger partial charge in [-0.15, -0.1) is 0 Å². The molecule has 0 saturated carbocycles. The molecule has 0 aliphatic carbocycles. The smallest absolute Gasteiger partial charge is 0.383 e. The second kappa shape index (κ2) is 14.9. The summed E-state index contributed by atoms with van der Waals surface area (Å²) in [5, 5.41) is 17.9. The molecule has 0 aliphatic rings. The Bertz CT molecular complexity index is 2810. The highest BCUT2D eigenvalue weighted by atomic mass is 31.2. The molecule has 0 fully saturated rings. The second-order valence-electron chi connectivity index (χ2n) is 14.9. The van der Waals surface area contributed by atoms with E-state index in [1.165, 1.54) is 64.3 Å².